The van der Waals surface area contributed by atoms with E-state index in [0.29, 0.717) is 5.15 Å². The van der Waals surface area contributed by atoms with Crippen molar-refractivity contribution in [2.75, 3.05) is 0 Å². The maximum Gasteiger partial charge on any atom is 0.129 e. The van der Waals surface area contributed by atoms with E-state index in [1.807, 2.05) is 6.07 Å². The Bertz CT molecular complexity index is 321. The number of halogens is 1. The summed E-state index contributed by atoms with van der Waals surface area (Å²) in [7, 11) is 0. The zero-order chi connectivity index (χ0) is 11.3. The quantitative estimate of drug-likeness (QED) is 0.351. The lowest BCUT2D eigenvalue weighted by molar-refractivity contribution is 0.543. The predicted octanol–water partition coefficient (Wildman–Crippen LogP) is 2.60. The van der Waals surface area contributed by atoms with E-state index in [0.717, 1.165) is 24.0 Å². The first kappa shape index (κ1) is 12.2. The van der Waals surface area contributed by atoms with Crippen LogP contribution in [0.25, 0.3) is 0 Å². The second-order valence-electron chi connectivity index (χ2n) is 3.44. The standard InChI is InChI=1S/C11H16ClN3/c1-3-8(2)6-10(15-13)9-4-5-11(12)14-7-9/h4-5,7,10,15H,2-3,6,13H2,1H3. The number of rotatable bonds is 5. The molecule has 0 fully saturated rings. The summed E-state index contributed by atoms with van der Waals surface area (Å²) >= 11 is 5.71. The third-order valence-electron chi connectivity index (χ3n) is 2.35. The largest absolute Gasteiger partial charge is 0.271 e. The molecule has 1 aromatic rings. The third kappa shape index (κ3) is 3.63. The van der Waals surface area contributed by atoms with Crippen LogP contribution in [0.5, 0.6) is 0 Å². The highest BCUT2D eigenvalue weighted by atomic mass is 35.5. The fourth-order valence-corrected chi connectivity index (χ4v) is 1.41. The van der Waals surface area contributed by atoms with Crippen molar-refractivity contribution in [1.82, 2.24) is 10.4 Å². The van der Waals surface area contributed by atoms with Crippen molar-refractivity contribution in [1.29, 1.82) is 0 Å². The summed E-state index contributed by atoms with van der Waals surface area (Å²) in [6.07, 6.45) is 3.51. The van der Waals surface area contributed by atoms with Gasteiger partial charge in [0.25, 0.3) is 0 Å². The number of nitrogens with one attached hydrogen (secondary N) is 1. The van der Waals surface area contributed by atoms with Gasteiger partial charge < -0.3 is 0 Å². The average molecular weight is 226 g/mol. The molecule has 0 bridgehead atoms. The van der Waals surface area contributed by atoms with Gasteiger partial charge in [-0.1, -0.05) is 36.7 Å². The first-order valence-electron chi connectivity index (χ1n) is 4.91. The zero-order valence-corrected chi connectivity index (χ0v) is 9.59. The van der Waals surface area contributed by atoms with Crippen molar-refractivity contribution in [3.63, 3.8) is 0 Å². The van der Waals surface area contributed by atoms with E-state index >= 15 is 0 Å². The Balaban J connectivity index is 2.74. The molecule has 0 aromatic carbocycles. The van der Waals surface area contributed by atoms with Crippen LogP contribution in [-0.4, -0.2) is 4.98 Å². The second kappa shape index (κ2) is 5.85. The molecular formula is C11H16ClN3. The highest BCUT2D eigenvalue weighted by Crippen LogP contribution is 2.21. The molecule has 0 aliphatic carbocycles. The minimum absolute atomic E-state index is 0.0576. The fraction of sp³-hybridized carbons (Fsp3) is 0.364. The molecule has 3 nitrogen and oxygen atoms in total. The van der Waals surface area contributed by atoms with E-state index < -0.39 is 0 Å². The van der Waals surface area contributed by atoms with Crippen LogP contribution in [0.2, 0.25) is 5.15 Å². The summed E-state index contributed by atoms with van der Waals surface area (Å²) in [5.41, 5.74) is 4.94. The van der Waals surface area contributed by atoms with Crippen LogP contribution in [-0.2, 0) is 0 Å². The van der Waals surface area contributed by atoms with Gasteiger partial charge in [0.2, 0.25) is 0 Å². The Morgan fingerprint density at radius 2 is 2.40 bits per heavy atom. The molecule has 1 heterocycles. The van der Waals surface area contributed by atoms with Gasteiger partial charge in [0.1, 0.15) is 5.15 Å². The zero-order valence-electron chi connectivity index (χ0n) is 8.83. The monoisotopic (exact) mass is 225 g/mol. The molecule has 0 saturated carbocycles. The van der Waals surface area contributed by atoms with Gasteiger partial charge in [-0.15, -0.1) is 0 Å². The summed E-state index contributed by atoms with van der Waals surface area (Å²) in [5, 5.41) is 0.490. The first-order valence-corrected chi connectivity index (χ1v) is 5.29. The van der Waals surface area contributed by atoms with E-state index in [4.69, 9.17) is 17.4 Å². The van der Waals surface area contributed by atoms with Gasteiger partial charge in [-0.3, -0.25) is 11.3 Å². The van der Waals surface area contributed by atoms with Crippen molar-refractivity contribution in [2.24, 2.45) is 5.84 Å². The molecule has 1 unspecified atom stereocenters. The second-order valence-corrected chi connectivity index (χ2v) is 3.83. The number of pyridine rings is 1. The SMILES string of the molecule is C=C(CC)CC(NN)c1ccc(Cl)nc1. The Morgan fingerprint density at radius 1 is 1.67 bits per heavy atom. The lowest BCUT2D eigenvalue weighted by Gasteiger charge is -2.16. The molecular weight excluding hydrogens is 210 g/mol. The molecule has 4 heteroatoms. The van der Waals surface area contributed by atoms with Crippen LogP contribution in [0.4, 0.5) is 0 Å². The van der Waals surface area contributed by atoms with Gasteiger partial charge in [-0.25, -0.2) is 4.98 Å². The molecule has 1 rings (SSSR count). The van der Waals surface area contributed by atoms with Gasteiger partial charge in [-0.05, 0) is 24.5 Å². The normalized spacial score (nSPS) is 12.5. The van der Waals surface area contributed by atoms with E-state index in [1.165, 1.54) is 0 Å². The summed E-state index contributed by atoms with van der Waals surface area (Å²) < 4.78 is 0. The topological polar surface area (TPSA) is 50.9 Å². The Hall–Kier alpha value is -0.900. The van der Waals surface area contributed by atoms with Crippen molar-refractivity contribution >= 4 is 11.6 Å². The van der Waals surface area contributed by atoms with E-state index in [-0.39, 0.29) is 6.04 Å². The summed E-state index contributed by atoms with van der Waals surface area (Å²) in [4.78, 5) is 4.02. The first-order chi connectivity index (χ1) is 7.17. The van der Waals surface area contributed by atoms with Crippen LogP contribution in [0.3, 0.4) is 0 Å². The van der Waals surface area contributed by atoms with Gasteiger partial charge in [0.05, 0.1) is 6.04 Å². The van der Waals surface area contributed by atoms with Crippen molar-refractivity contribution in [3.8, 4) is 0 Å². The predicted molar refractivity (Wildman–Crippen MR) is 63.4 cm³/mol. The fourth-order valence-electron chi connectivity index (χ4n) is 1.30. The molecule has 1 aromatic heterocycles. The maximum atomic E-state index is 5.71. The third-order valence-corrected chi connectivity index (χ3v) is 2.57. The molecule has 0 aliphatic heterocycles. The number of hydrogen-bond donors (Lipinski definition) is 2. The van der Waals surface area contributed by atoms with Gasteiger partial charge in [0.15, 0.2) is 0 Å². The van der Waals surface area contributed by atoms with E-state index in [9.17, 15) is 0 Å². The Morgan fingerprint density at radius 3 is 2.87 bits per heavy atom. The minimum Gasteiger partial charge on any atom is -0.271 e. The smallest absolute Gasteiger partial charge is 0.129 e. The van der Waals surface area contributed by atoms with Crippen LogP contribution < -0.4 is 11.3 Å². The number of nitrogens with two attached hydrogens (primary N) is 1. The van der Waals surface area contributed by atoms with Crippen molar-refractivity contribution < 1.29 is 0 Å². The van der Waals surface area contributed by atoms with Gasteiger partial charge in [0, 0.05) is 6.20 Å². The van der Waals surface area contributed by atoms with Crippen molar-refractivity contribution in [2.45, 2.75) is 25.8 Å². The Labute approximate surface area is 95.3 Å². The van der Waals surface area contributed by atoms with Gasteiger partial charge in [-0.2, -0.15) is 0 Å². The number of hydrazine groups is 1. The molecule has 82 valence electrons. The molecule has 1 atom stereocenters. The maximum absolute atomic E-state index is 5.71. The molecule has 15 heavy (non-hydrogen) atoms. The van der Waals surface area contributed by atoms with Crippen LogP contribution in [0.15, 0.2) is 30.5 Å². The number of aromatic nitrogens is 1. The highest BCUT2D eigenvalue weighted by Gasteiger charge is 2.10. The summed E-state index contributed by atoms with van der Waals surface area (Å²) in [6, 6.07) is 3.74. The highest BCUT2D eigenvalue weighted by molar-refractivity contribution is 6.29. The lowest BCUT2D eigenvalue weighted by Crippen LogP contribution is -2.28. The molecule has 0 amide bonds. The average Bonchev–Trinajstić information content (AvgIpc) is 2.27. The van der Waals surface area contributed by atoms with Crippen LogP contribution in [0, 0.1) is 0 Å². The molecule has 0 saturated heterocycles. The lowest BCUT2D eigenvalue weighted by atomic mass is 10.0. The van der Waals surface area contributed by atoms with Gasteiger partial charge >= 0.3 is 0 Å². The molecule has 0 radical (unpaired) electrons. The number of nitrogens with zero attached hydrogens (tertiary/aromatic N) is 1. The minimum atomic E-state index is 0.0576. The van der Waals surface area contributed by atoms with E-state index in [2.05, 4.69) is 23.9 Å². The van der Waals surface area contributed by atoms with Crippen molar-refractivity contribution in [3.05, 3.63) is 41.2 Å². The molecule has 0 spiro atoms. The van der Waals surface area contributed by atoms with Crippen LogP contribution >= 0.6 is 11.6 Å². The summed E-state index contributed by atoms with van der Waals surface area (Å²) in [6.45, 7) is 6.04. The van der Waals surface area contributed by atoms with Crippen LogP contribution in [0.1, 0.15) is 31.4 Å². The molecule has 0 aliphatic rings. The molecule has 3 N–H and O–H groups in total. The Kier molecular flexibility index (Phi) is 4.75. The summed E-state index contributed by atoms with van der Waals surface area (Å²) in [5.74, 6) is 5.49. The number of hydrogen-bond acceptors (Lipinski definition) is 3. The van der Waals surface area contributed by atoms with E-state index in [1.54, 1.807) is 12.3 Å².